The van der Waals surface area contributed by atoms with Crippen molar-refractivity contribution in [3.63, 3.8) is 0 Å². The Labute approximate surface area is 115 Å². The molecular weight excluding hydrogens is 284 g/mol. The SMILES string of the molecule is Cc1ncc(S(=O)(=O)Nc2sc(C)c(C)c2C#N)[nH]1. The maximum Gasteiger partial charge on any atom is 0.279 e. The molecule has 0 radical (unpaired) electrons. The van der Waals surface area contributed by atoms with Gasteiger partial charge in [0.1, 0.15) is 16.9 Å². The van der Waals surface area contributed by atoms with Crippen molar-refractivity contribution in [3.05, 3.63) is 28.0 Å². The Bertz CT molecular complexity index is 765. The number of hydrogen-bond acceptors (Lipinski definition) is 5. The van der Waals surface area contributed by atoms with E-state index in [1.807, 2.05) is 13.0 Å². The van der Waals surface area contributed by atoms with E-state index in [9.17, 15) is 8.42 Å². The fourth-order valence-corrected chi connectivity index (χ4v) is 3.83. The number of sulfonamides is 1. The summed E-state index contributed by atoms with van der Waals surface area (Å²) >= 11 is 1.25. The first-order valence-corrected chi connectivity index (χ1v) is 7.69. The van der Waals surface area contributed by atoms with Crippen molar-refractivity contribution in [1.82, 2.24) is 9.97 Å². The minimum atomic E-state index is -3.74. The minimum Gasteiger partial charge on any atom is -0.332 e. The molecule has 0 spiro atoms. The van der Waals surface area contributed by atoms with Crippen LogP contribution in [0.1, 0.15) is 21.8 Å². The number of aromatic amines is 1. The topological polar surface area (TPSA) is 98.6 Å². The van der Waals surface area contributed by atoms with Gasteiger partial charge >= 0.3 is 0 Å². The average molecular weight is 296 g/mol. The number of aryl methyl sites for hydroxylation is 2. The number of nitriles is 1. The van der Waals surface area contributed by atoms with Gasteiger partial charge < -0.3 is 4.98 Å². The lowest BCUT2D eigenvalue weighted by Gasteiger charge is -2.03. The van der Waals surface area contributed by atoms with E-state index in [4.69, 9.17) is 5.26 Å². The van der Waals surface area contributed by atoms with Crippen molar-refractivity contribution < 1.29 is 8.42 Å². The van der Waals surface area contributed by atoms with Gasteiger partial charge in [-0.05, 0) is 26.3 Å². The number of thiophene rings is 1. The maximum absolute atomic E-state index is 12.1. The van der Waals surface area contributed by atoms with E-state index in [0.717, 1.165) is 10.4 Å². The predicted molar refractivity (Wildman–Crippen MR) is 72.6 cm³/mol. The zero-order valence-electron chi connectivity index (χ0n) is 10.6. The lowest BCUT2D eigenvalue weighted by atomic mass is 10.2. The Morgan fingerprint density at radius 3 is 2.63 bits per heavy atom. The van der Waals surface area contributed by atoms with E-state index in [0.29, 0.717) is 16.4 Å². The summed E-state index contributed by atoms with van der Waals surface area (Å²) in [5.74, 6) is 0.513. The van der Waals surface area contributed by atoms with Gasteiger partial charge in [-0.1, -0.05) is 0 Å². The maximum atomic E-state index is 12.1. The Kier molecular flexibility index (Phi) is 3.34. The second-order valence-electron chi connectivity index (χ2n) is 4.04. The van der Waals surface area contributed by atoms with Crippen LogP contribution in [0.5, 0.6) is 0 Å². The molecule has 100 valence electrons. The lowest BCUT2D eigenvalue weighted by Crippen LogP contribution is -2.13. The van der Waals surface area contributed by atoms with E-state index >= 15 is 0 Å². The summed E-state index contributed by atoms with van der Waals surface area (Å²) in [7, 11) is -3.74. The van der Waals surface area contributed by atoms with Crippen molar-refractivity contribution in [2.75, 3.05) is 4.72 Å². The third kappa shape index (κ3) is 2.47. The zero-order valence-corrected chi connectivity index (χ0v) is 12.2. The second kappa shape index (κ2) is 4.68. The molecule has 2 N–H and O–H groups in total. The van der Waals surface area contributed by atoms with E-state index in [-0.39, 0.29) is 5.03 Å². The molecule has 0 unspecified atom stereocenters. The van der Waals surface area contributed by atoms with Gasteiger partial charge in [0, 0.05) is 4.88 Å². The lowest BCUT2D eigenvalue weighted by molar-refractivity contribution is 0.598. The number of anilines is 1. The molecule has 2 aromatic heterocycles. The van der Waals surface area contributed by atoms with Crippen molar-refractivity contribution in [2.24, 2.45) is 0 Å². The van der Waals surface area contributed by atoms with Gasteiger partial charge in [0.25, 0.3) is 10.0 Å². The molecule has 2 rings (SSSR count). The highest BCUT2D eigenvalue weighted by Crippen LogP contribution is 2.33. The van der Waals surface area contributed by atoms with Gasteiger partial charge in [-0.2, -0.15) is 13.7 Å². The number of nitrogens with zero attached hydrogens (tertiary/aromatic N) is 2. The molecule has 8 heteroatoms. The molecule has 0 bridgehead atoms. The summed E-state index contributed by atoms with van der Waals surface area (Å²) in [5, 5.41) is 9.41. The summed E-state index contributed by atoms with van der Waals surface area (Å²) in [6.45, 7) is 5.31. The molecule has 0 amide bonds. The molecule has 19 heavy (non-hydrogen) atoms. The van der Waals surface area contributed by atoms with Gasteiger partial charge in [0.05, 0.1) is 11.8 Å². The summed E-state index contributed by atoms with van der Waals surface area (Å²) in [6, 6.07) is 2.02. The van der Waals surface area contributed by atoms with Gasteiger partial charge in [-0.25, -0.2) is 4.98 Å². The van der Waals surface area contributed by atoms with Crippen molar-refractivity contribution in [1.29, 1.82) is 5.26 Å². The number of H-pyrrole nitrogens is 1. The molecule has 0 aliphatic heterocycles. The van der Waals surface area contributed by atoms with E-state index < -0.39 is 10.0 Å². The Hall–Kier alpha value is -1.85. The first kappa shape index (κ1) is 13.6. The molecule has 0 saturated heterocycles. The molecule has 0 saturated carbocycles. The third-order valence-electron chi connectivity index (χ3n) is 2.69. The Morgan fingerprint density at radius 1 is 1.42 bits per heavy atom. The molecule has 0 aromatic carbocycles. The van der Waals surface area contributed by atoms with E-state index in [1.54, 1.807) is 13.8 Å². The van der Waals surface area contributed by atoms with Gasteiger partial charge in [-0.3, -0.25) is 4.72 Å². The smallest absolute Gasteiger partial charge is 0.279 e. The van der Waals surface area contributed by atoms with Crippen LogP contribution in [0.15, 0.2) is 11.2 Å². The molecule has 6 nitrogen and oxygen atoms in total. The van der Waals surface area contributed by atoms with Crippen LogP contribution in [0.2, 0.25) is 0 Å². The van der Waals surface area contributed by atoms with Crippen LogP contribution >= 0.6 is 11.3 Å². The fourth-order valence-electron chi connectivity index (χ4n) is 1.55. The number of hydrogen-bond donors (Lipinski definition) is 2. The highest BCUT2D eigenvalue weighted by Gasteiger charge is 2.21. The minimum absolute atomic E-state index is 0.0161. The first-order chi connectivity index (χ1) is 8.85. The van der Waals surface area contributed by atoms with Crippen LogP contribution in [-0.2, 0) is 10.0 Å². The molecule has 0 fully saturated rings. The Morgan fingerprint density at radius 2 is 2.11 bits per heavy atom. The van der Waals surface area contributed by atoms with E-state index in [2.05, 4.69) is 14.7 Å². The number of aromatic nitrogens is 2. The highest BCUT2D eigenvalue weighted by molar-refractivity contribution is 7.92. The molecular formula is C11H12N4O2S2. The Balaban J connectivity index is 2.42. The molecule has 2 aromatic rings. The molecule has 0 aliphatic carbocycles. The fraction of sp³-hybridized carbons (Fsp3) is 0.273. The standard InChI is InChI=1S/C11H12N4O2S2/c1-6-7(2)18-11(9(6)4-12)15-19(16,17)10-5-13-8(3)14-10/h5,15H,1-3H3,(H,13,14). The van der Waals surface area contributed by atoms with Crippen molar-refractivity contribution in [2.45, 2.75) is 25.8 Å². The average Bonchev–Trinajstić information content (AvgIpc) is 2.85. The number of rotatable bonds is 3. The van der Waals surface area contributed by atoms with Crippen LogP contribution in [-0.4, -0.2) is 18.4 Å². The quantitative estimate of drug-likeness (QED) is 0.905. The summed E-state index contributed by atoms with van der Waals surface area (Å²) in [4.78, 5) is 7.42. The highest BCUT2D eigenvalue weighted by atomic mass is 32.2. The van der Waals surface area contributed by atoms with Crippen LogP contribution in [0.4, 0.5) is 5.00 Å². The van der Waals surface area contributed by atoms with Gasteiger partial charge in [0.2, 0.25) is 0 Å². The number of imidazole rings is 1. The summed E-state index contributed by atoms with van der Waals surface area (Å²) < 4.78 is 26.7. The summed E-state index contributed by atoms with van der Waals surface area (Å²) in [5.41, 5.74) is 1.16. The molecule has 0 aliphatic rings. The monoisotopic (exact) mass is 296 g/mol. The predicted octanol–water partition coefficient (Wildman–Crippen LogP) is 2.07. The number of nitrogens with one attached hydrogen (secondary N) is 2. The van der Waals surface area contributed by atoms with E-state index in [1.165, 1.54) is 17.5 Å². The van der Waals surface area contributed by atoms with Crippen LogP contribution in [0.3, 0.4) is 0 Å². The van der Waals surface area contributed by atoms with Gasteiger partial charge in [0.15, 0.2) is 5.03 Å². The largest absolute Gasteiger partial charge is 0.332 e. The van der Waals surface area contributed by atoms with Gasteiger partial charge in [-0.15, -0.1) is 11.3 Å². The van der Waals surface area contributed by atoms with Crippen molar-refractivity contribution >= 4 is 26.4 Å². The normalized spacial score (nSPS) is 11.3. The zero-order chi connectivity index (χ0) is 14.2. The van der Waals surface area contributed by atoms with Crippen LogP contribution in [0.25, 0.3) is 0 Å². The van der Waals surface area contributed by atoms with Crippen LogP contribution in [0, 0.1) is 32.1 Å². The first-order valence-electron chi connectivity index (χ1n) is 5.39. The molecule has 2 heterocycles. The second-order valence-corrected chi connectivity index (χ2v) is 6.91. The third-order valence-corrected chi connectivity index (χ3v) is 5.20. The van der Waals surface area contributed by atoms with Crippen molar-refractivity contribution in [3.8, 4) is 6.07 Å². The summed E-state index contributed by atoms with van der Waals surface area (Å²) in [6.07, 6.45) is 1.25. The van der Waals surface area contributed by atoms with Crippen LogP contribution < -0.4 is 4.72 Å². The molecule has 0 atom stereocenters.